The Bertz CT molecular complexity index is 615. The number of urea groups is 1. The molecular formula is C20H29FN4O. The number of likely N-dealkylation sites (tertiary alicyclic amines) is 1. The molecule has 1 aromatic rings. The zero-order valence-electron chi connectivity index (χ0n) is 15.3. The maximum Gasteiger partial charge on any atom is 0.315 e. The Hall–Kier alpha value is -1.66. The molecule has 4 aliphatic rings. The van der Waals surface area contributed by atoms with Crippen LogP contribution >= 0.6 is 0 Å². The first-order valence-electron chi connectivity index (χ1n) is 9.92. The minimum Gasteiger partial charge on any atom is -0.334 e. The lowest BCUT2D eigenvalue weighted by atomic mass is 9.84. The van der Waals surface area contributed by atoms with Gasteiger partial charge in [0.15, 0.2) is 0 Å². The third kappa shape index (κ3) is 4.35. The minimum atomic E-state index is -0.187. The van der Waals surface area contributed by atoms with Crippen molar-refractivity contribution in [3.05, 3.63) is 35.6 Å². The van der Waals surface area contributed by atoms with E-state index < -0.39 is 0 Å². The number of benzene rings is 1. The molecule has 0 radical (unpaired) electrons. The molecule has 2 atom stereocenters. The molecule has 0 saturated carbocycles. The molecule has 2 bridgehead atoms. The Morgan fingerprint density at radius 1 is 1.04 bits per heavy atom. The second kappa shape index (κ2) is 7.92. The molecule has 5 rings (SSSR count). The van der Waals surface area contributed by atoms with Crippen LogP contribution in [0.25, 0.3) is 0 Å². The first kappa shape index (κ1) is 17.7. The number of carbonyl (C=O) groups excluding carboxylic acids is 1. The van der Waals surface area contributed by atoms with E-state index in [9.17, 15) is 9.18 Å². The molecule has 0 aromatic heterocycles. The van der Waals surface area contributed by atoms with Crippen LogP contribution in [0.3, 0.4) is 0 Å². The van der Waals surface area contributed by atoms with Gasteiger partial charge < -0.3 is 20.4 Å². The number of rotatable bonds is 5. The van der Waals surface area contributed by atoms with Crippen molar-refractivity contribution < 1.29 is 9.18 Å². The van der Waals surface area contributed by atoms with Gasteiger partial charge in [0.2, 0.25) is 0 Å². The second-order valence-corrected chi connectivity index (χ2v) is 8.03. The summed E-state index contributed by atoms with van der Waals surface area (Å²) in [6.07, 6.45) is 4.34. The van der Waals surface area contributed by atoms with Crippen molar-refractivity contribution >= 4 is 6.03 Å². The standard InChI is InChI=1S/C20H29FN4O/c21-17-3-1-15(2-4-17)5-9-24-12-8-18(13-24)22-20(26)23-19-14-25-10-6-16(19)7-11-25/h1-4,16,18-19H,5-14H2,(H2,22,23,26)/t18-,19?/m0/s1. The van der Waals surface area contributed by atoms with Crippen LogP contribution in [0.1, 0.15) is 24.8 Å². The monoisotopic (exact) mass is 360 g/mol. The minimum absolute atomic E-state index is 0.00543. The maximum absolute atomic E-state index is 13.0. The second-order valence-electron chi connectivity index (χ2n) is 8.03. The molecule has 4 heterocycles. The van der Waals surface area contributed by atoms with Crippen molar-refractivity contribution in [1.82, 2.24) is 20.4 Å². The van der Waals surface area contributed by atoms with Crippen molar-refractivity contribution in [3.8, 4) is 0 Å². The zero-order valence-corrected chi connectivity index (χ0v) is 15.3. The number of piperidine rings is 3. The van der Waals surface area contributed by atoms with E-state index in [1.54, 1.807) is 0 Å². The van der Waals surface area contributed by atoms with Crippen LogP contribution in [0.4, 0.5) is 9.18 Å². The number of hydrogen-bond acceptors (Lipinski definition) is 3. The highest BCUT2D eigenvalue weighted by molar-refractivity contribution is 5.74. The highest BCUT2D eigenvalue weighted by atomic mass is 19.1. The van der Waals surface area contributed by atoms with Gasteiger partial charge in [-0.2, -0.15) is 0 Å². The summed E-state index contributed by atoms with van der Waals surface area (Å²) in [6.45, 7) is 6.24. The van der Waals surface area contributed by atoms with Gasteiger partial charge >= 0.3 is 6.03 Å². The number of nitrogens with one attached hydrogen (secondary N) is 2. The molecule has 2 N–H and O–H groups in total. The van der Waals surface area contributed by atoms with E-state index in [1.165, 1.54) is 38.1 Å². The number of carbonyl (C=O) groups is 1. The number of halogens is 1. The molecule has 6 heteroatoms. The average molecular weight is 360 g/mol. The molecule has 0 spiro atoms. The lowest BCUT2D eigenvalue weighted by Gasteiger charge is -2.44. The van der Waals surface area contributed by atoms with Gasteiger partial charge in [-0.25, -0.2) is 9.18 Å². The largest absolute Gasteiger partial charge is 0.334 e. The van der Waals surface area contributed by atoms with E-state index in [4.69, 9.17) is 0 Å². The number of hydrogen-bond donors (Lipinski definition) is 2. The number of amides is 2. The molecule has 4 aliphatic heterocycles. The normalized spacial score (nSPS) is 31.1. The molecular weight excluding hydrogens is 331 g/mol. The van der Waals surface area contributed by atoms with Crippen molar-refractivity contribution in [2.75, 3.05) is 39.3 Å². The molecule has 1 unspecified atom stereocenters. The summed E-state index contributed by atoms with van der Waals surface area (Å²) in [5.74, 6) is 0.467. The molecule has 2 amide bonds. The summed E-state index contributed by atoms with van der Waals surface area (Å²) in [5.41, 5.74) is 1.16. The van der Waals surface area contributed by atoms with Gasteiger partial charge in [-0.05, 0) is 62.4 Å². The van der Waals surface area contributed by atoms with Crippen LogP contribution < -0.4 is 10.6 Å². The fourth-order valence-electron chi connectivity index (χ4n) is 4.62. The highest BCUT2D eigenvalue weighted by Crippen LogP contribution is 2.27. The van der Waals surface area contributed by atoms with E-state index in [1.807, 2.05) is 12.1 Å². The molecule has 142 valence electrons. The van der Waals surface area contributed by atoms with Crippen LogP contribution in [0.15, 0.2) is 24.3 Å². The van der Waals surface area contributed by atoms with Gasteiger partial charge in [-0.1, -0.05) is 12.1 Å². The SMILES string of the molecule is O=C(NC1CN2CCC1CC2)N[C@H]1CCN(CCc2ccc(F)cc2)C1. The summed E-state index contributed by atoms with van der Waals surface area (Å²) < 4.78 is 13.0. The fourth-order valence-corrected chi connectivity index (χ4v) is 4.62. The smallest absolute Gasteiger partial charge is 0.315 e. The summed E-state index contributed by atoms with van der Waals surface area (Å²) in [7, 11) is 0. The van der Waals surface area contributed by atoms with Gasteiger partial charge in [0.05, 0.1) is 0 Å². The highest BCUT2D eigenvalue weighted by Gasteiger charge is 2.35. The molecule has 4 saturated heterocycles. The Balaban J connectivity index is 1.18. The fraction of sp³-hybridized carbons (Fsp3) is 0.650. The van der Waals surface area contributed by atoms with Gasteiger partial charge in [0.1, 0.15) is 5.82 Å². The third-order valence-electron chi connectivity index (χ3n) is 6.21. The Morgan fingerprint density at radius 2 is 1.81 bits per heavy atom. The average Bonchev–Trinajstić information content (AvgIpc) is 3.09. The lowest BCUT2D eigenvalue weighted by molar-refractivity contribution is 0.0764. The van der Waals surface area contributed by atoms with Crippen LogP contribution in [0, 0.1) is 11.7 Å². The number of fused-ring (bicyclic) bond motifs is 3. The molecule has 1 aromatic carbocycles. The van der Waals surface area contributed by atoms with Gasteiger partial charge in [-0.15, -0.1) is 0 Å². The summed E-state index contributed by atoms with van der Waals surface area (Å²) in [5, 5.41) is 6.37. The van der Waals surface area contributed by atoms with Crippen LogP contribution in [0.2, 0.25) is 0 Å². The quantitative estimate of drug-likeness (QED) is 0.842. The van der Waals surface area contributed by atoms with Crippen LogP contribution in [-0.4, -0.2) is 67.2 Å². The van der Waals surface area contributed by atoms with E-state index in [-0.39, 0.29) is 17.9 Å². The zero-order chi connectivity index (χ0) is 17.9. The molecule has 4 fully saturated rings. The van der Waals surface area contributed by atoms with Crippen LogP contribution in [-0.2, 0) is 6.42 Å². The van der Waals surface area contributed by atoms with E-state index in [0.717, 1.165) is 44.6 Å². The van der Waals surface area contributed by atoms with Crippen molar-refractivity contribution in [1.29, 1.82) is 0 Å². The first-order chi connectivity index (χ1) is 12.7. The molecule has 5 nitrogen and oxygen atoms in total. The molecule has 0 aliphatic carbocycles. The predicted molar refractivity (Wildman–Crippen MR) is 99.6 cm³/mol. The van der Waals surface area contributed by atoms with Crippen molar-refractivity contribution in [2.45, 2.75) is 37.8 Å². The van der Waals surface area contributed by atoms with Gasteiger partial charge in [0, 0.05) is 38.3 Å². The van der Waals surface area contributed by atoms with Crippen LogP contribution in [0.5, 0.6) is 0 Å². The number of nitrogens with zero attached hydrogens (tertiary/aromatic N) is 2. The predicted octanol–water partition coefficient (Wildman–Crippen LogP) is 1.84. The van der Waals surface area contributed by atoms with Crippen molar-refractivity contribution in [2.24, 2.45) is 5.92 Å². The van der Waals surface area contributed by atoms with Gasteiger partial charge in [-0.3, -0.25) is 0 Å². The molecule has 26 heavy (non-hydrogen) atoms. The summed E-state index contributed by atoms with van der Waals surface area (Å²) in [6, 6.07) is 7.27. The third-order valence-corrected chi connectivity index (χ3v) is 6.21. The first-order valence-corrected chi connectivity index (χ1v) is 9.92. The van der Waals surface area contributed by atoms with E-state index >= 15 is 0 Å². The van der Waals surface area contributed by atoms with Crippen molar-refractivity contribution in [3.63, 3.8) is 0 Å². The Labute approximate surface area is 154 Å². The Kier molecular flexibility index (Phi) is 5.41. The van der Waals surface area contributed by atoms with Gasteiger partial charge in [0.25, 0.3) is 0 Å². The van der Waals surface area contributed by atoms with E-state index in [2.05, 4.69) is 20.4 Å². The topological polar surface area (TPSA) is 47.6 Å². The lowest BCUT2D eigenvalue weighted by Crippen LogP contribution is -2.59. The summed E-state index contributed by atoms with van der Waals surface area (Å²) >= 11 is 0. The summed E-state index contributed by atoms with van der Waals surface area (Å²) in [4.78, 5) is 17.2. The maximum atomic E-state index is 13.0. The Morgan fingerprint density at radius 3 is 2.50 bits per heavy atom. The van der Waals surface area contributed by atoms with E-state index in [0.29, 0.717) is 12.0 Å².